The van der Waals surface area contributed by atoms with Crippen LogP contribution in [-0.2, 0) is 6.54 Å². The lowest BCUT2D eigenvalue weighted by Gasteiger charge is -2.19. The van der Waals surface area contributed by atoms with Crippen LogP contribution in [0.5, 0.6) is 0 Å². The molecule has 0 amide bonds. The highest BCUT2D eigenvalue weighted by Gasteiger charge is 2.06. The number of nitrogens with zero attached hydrogens (tertiary/aromatic N) is 2. The predicted molar refractivity (Wildman–Crippen MR) is 79.7 cm³/mol. The van der Waals surface area contributed by atoms with Gasteiger partial charge in [0.1, 0.15) is 6.07 Å². The van der Waals surface area contributed by atoms with Crippen LogP contribution in [0.15, 0.2) is 33.4 Å². The van der Waals surface area contributed by atoms with Crippen LogP contribution in [0.1, 0.15) is 11.1 Å². The van der Waals surface area contributed by atoms with Crippen LogP contribution < -0.4 is 10.6 Å². The molecule has 1 heterocycles. The van der Waals surface area contributed by atoms with Crippen LogP contribution >= 0.6 is 27.3 Å². The smallest absolute Gasteiger partial charge is 0.101 e. The first kappa shape index (κ1) is 12.9. The molecule has 0 aliphatic carbocycles. The van der Waals surface area contributed by atoms with E-state index in [2.05, 4.69) is 38.3 Å². The second kappa shape index (κ2) is 5.42. The summed E-state index contributed by atoms with van der Waals surface area (Å²) in [4.78, 5) is 2.09. The van der Waals surface area contributed by atoms with E-state index in [9.17, 15) is 0 Å². The van der Waals surface area contributed by atoms with Gasteiger partial charge < -0.3 is 10.6 Å². The van der Waals surface area contributed by atoms with Gasteiger partial charge in [-0.1, -0.05) is 0 Å². The summed E-state index contributed by atoms with van der Waals surface area (Å²) < 4.78 is 1.13. The highest BCUT2D eigenvalue weighted by molar-refractivity contribution is 9.11. The first-order chi connectivity index (χ1) is 8.60. The van der Waals surface area contributed by atoms with Crippen molar-refractivity contribution < 1.29 is 0 Å². The van der Waals surface area contributed by atoms with E-state index in [1.807, 2.05) is 19.2 Å². The molecule has 1 aromatic carbocycles. The number of nitriles is 1. The Balaban J connectivity index is 2.19. The number of hydrogen-bond donors (Lipinski definition) is 1. The number of halogens is 1. The zero-order valence-corrected chi connectivity index (χ0v) is 12.3. The van der Waals surface area contributed by atoms with E-state index in [1.165, 1.54) is 5.56 Å². The molecule has 0 aliphatic rings. The van der Waals surface area contributed by atoms with E-state index in [4.69, 9.17) is 11.0 Å². The summed E-state index contributed by atoms with van der Waals surface area (Å²) in [5.41, 5.74) is 8.98. The van der Waals surface area contributed by atoms with Gasteiger partial charge in [-0.25, -0.2) is 0 Å². The molecular formula is C13H12BrN3S. The van der Waals surface area contributed by atoms with Gasteiger partial charge in [0.25, 0.3) is 0 Å². The largest absolute Gasteiger partial charge is 0.398 e. The Morgan fingerprint density at radius 3 is 2.83 bits per heavy atom. The van der Waals surface area contributed by atoms with Crippen LogP contribution in [0.2, 0.25) is 0 Å². The molecule has 1 aromatic heterocycles. The maximum Gasteiger partial charge on any atom is 0.101 e. The Morgan fingerprint density at radius 2 is 2.22 bits per heavy atom. The average Bonchev–Trinajstić information content (AvgIpc) is 2.75. The molecule has 0 aliphatic heterocycles. The van der Waals surface area contributed by atoms with Crippen LogP contribution in [0.4, 0.5) is 11.4 Å². The molecular weight excluding hydrogens is 310 g/mol. The summed E-state index contributed by atoms with van der Waals surface area (Å²) in [5.74, 6) is 0. The van der Waals surface area contributed by atoms with Gasteiger partial charge in [0.2, 0.25) is 0 Å². The average molecular weight is 322 g/mol. The maximum atomic E-state index is 8.96. The maximum absolute atomic E-state index is 8.96. The van der Waals surface area contributed by atoms with Gasteiger partial charge in [-0.15, -0.1) is 11.3 Å². The Hall–Kier alpha value is -1.51. The Labute approximate surface area is 119 Å². The van der Waals surface area contributed by atoms with Gasteiger partial charge in [-0.05, 0) is 51.1 Å². The summed E-state index contributed by atoms with van der Waals surface area (Å²) in [6, 6.07) is 9.72. The minimum absolute atomic E-state index is 0.519. The molecule has 3 nitrogen and oxygen atoms in total. The van der Waals surface area contributed by atoms with Gasteiger partial charge >= 0.3 is 0 Å². The summed E-state index contributed by atoms with van der Waals surface area (Å²) in [5, 5.41) is 11.1. The first-order valence-electron chi connectivity index (χ1n) is 5.34. The Morgan fingerprint density at radius 1 is 1.44 bits per heavy atom. The molecule has 0 saturated carbocycles. The van der Waals surface area contributed by atoms with Crippen molar-refractivity contribution >= 4 is 38.6 Å². The number of rotatable bonds is 3. The number of anilines is 2. The highest BCUT2D eigenvalue weighted by atomic mass is 79.9. The molecule has 5 heteroatoms. The monoisotopic (exact) mass is 321 g/mol. The molecule has 0 bridgehead atoms. The highest BCUT2D eigenvalue weighted by Crippen LogP contribution is 2.25. The van der Waals surface area contributed by atoms with E-state index in [-0.39, 0.29) is 0 Å². The lowest BCUT2D eigenvalue weighted by molar-refractivity contribution is 0.927. The Bertz CT molecular complexity index is 601. The molecule has 92 valence electrons. The van der Waals surface area contributed by atoms with E-state index in [0.29, 0.717) is 11.3 Å². The van der Waals surface area contributed by atoms with Gasteiger partial charge in [0.05, 0.1) is 9.35 Å². The number of hydrogen-bond acceptors (Lipinski definition) is 4. The second-order valence-corrected chi connectivity index (χ2v) is 6.29. The third-order valence-electron chi connectivity index (χ3n) is 2.64. The molecule has 2 aromatic rings. The lowest BCUT2D eigenvalue weighted by atomic mass is 10.1. The molecule has 0 spiro atoms. The van der Waals surface area contributed by atoms with Crippen LogP contribution in [0.25, 0.3) is 0 Å². The van der Waals surface area contributed by atoms with E-state index >= 15 is 0 Å². The topological polar surface area (TPSA) is 53.0 Å². The summed E-state index contributed by atoms with van der Waals surface area (Å²) in [7, 11) is 2.00. The number of nitrogens with two attached hydrogens (primary N) is 1. The van der Waals surface area contributed by atoms with Gasteiger partial charge in [-0.2, -0.15) is 5.26 Å². The third kappa shape index (κ3) is 2.84. The second-order valence-electron chi connectivity index (χ2n) is 4.00. The van der Waals surface area contributed by atoms with Gasteiger partial charge in [0, 0.05) is 25.0 Å². The lowest BCUT2D eigenvalue weighted by Crippen LogP contribution is -2.16. The number of benzene rings is 1. The van der Waals surface area contributed by atoms with E-state index in [1.54, 1.807) is 17.4 Å². The third-order valence-corrected chi connectivity index (χ3v) is 4.19. The molecule has 0 unspecified atom stereocenters. The molecule has 0 saturated heterocycles. The zero-order valence-electron chi connectivity index (χ0n) is 9.85. The van der Waals surface area contributed by atoms with Crippen molar-refractivity contribution in [1.29, 1.82) is 5.26 Å². The van der Waals surface area contributed by atoms with Crippen molar-refractivity contribution in [3.05, 3.63) is 44.6 Å². The van der Waals surface area contributed by atoms with E-state index in [0.717, 1.165) is 16.0 Å². The van der Waals surface area contributed by atoms with Gasteiger partial charge in [0.15, 0.2) is 0 Å². The fraction of sp³-hybridized carbons (Fsp3) is 0.154. The molecule has 0 radical (unpaired) electrons. The van der Waals surface area contributed by atoms with Gasteiger partial charge in [-0.3, -0.25) is 0 Å². The standard InChI is InChI=1S/C13H12BrN3S/c1-17(7-9-4-13(14)18-8-9)11-2-3-12(16)10(5-11)6-15/h2-5,8H,7,16H2,1H3. The quantitative estimate of drug-likeness (QED) is 0.879. The zero-order chi connectivity index (χ0) is 13.1. The van der Waals surface area contributed by atoms with Crippen molar-refractivity contribution in [2.45, 2.75) is 6.54 Å². The SMILES string of the molecule is CN(Cc1csc(Br)c1)c1ccc(N)c(C#N)c1. The summed E-state index contributed by atoms with van der Waals surface area (Å²) in [6.45, 7) is 0.802. The minimum atomic E-state index is 0.519. The first-order valence-corrected chi connectivity index (χ1v) is 7.01. The molecule has 18 heavy (non-hydrogen) atoms. The predicted octanol–water partition coefficient (Wildman–Crippen LogP) is 3.60. The number of nitrogen functional groups attached to an aromatic ring is 1. The Kier molecular flexibility index (Phi) is 3.90. The molecule has 2 rings (SSSR count). The fourth-order valence-electron chi connectivity index (χ4n) is 1.67. The van der Waals surface area contributed by atoms with Crippen molar-refractivity contribution in [3.63, 3.8) is 0 Å². The van der Waals surface area contributed by atoms with E-state index < -0.39 is 0 Å². The summed E-state index contributed by atoms with van der Waals surface area (Å²) in [6.07, 6.45) is 0. The molecule has 2 N–H and O–H groups in total. The number of thiophene rings is 1. The fourth-order valence-corrected chi connectivity index (χ4v) is 2.87. The summed E-state index contributed by atoms with van der Waals surface area (Å²) >= 11 is 5.12. The molecule has 0 atom stereocenters. The van der Waals surface area contributed by atoms with Crippen molar-refractivity contribution in [3.8, 4) is 6.07 Å². The van der Waals surface area contributed by atoms with Crippen LogP contribution in [0.3, 0.4) is 0 Å². The normalized spacial score (nSPS) is 10.1. The van der Waals surface area contributed by atoms with Crippen LogP contribution in [0, 0.1) is 11.3 Å². The minimum Gasteiger partial charge on any atom is -0.398 e. The molecule has 0 fully saturated rings. The van der Waals surface area contributed by atoms with Crippen LogP contribution in [-0.4, -0.2) is 7.05 Å². The van der Waals surface area contributed by atoms with Crippen molar-refractivity contribution in [1.82, 2.24) is 0 Å². The van der Waals surface area contributed by atoms with Crippen molar-refractivity contribution in [2.24, 2.45) is 0 Å². The van der Waals surface area contributed by atoms with Crippen molar-refractivity contribution in [2.75, 3.05) is 17.7 Å².